The quantitative estimate of drug-likeness (QED) is 0.863. The van der Waals surface area contributed by atoms with Gasteiger partial charge in [-0.15, -0.1) is 0 Å². The van der Waals surface area contributed by atoms with Crippen LogP contribution in [0.3, 0.4) is 0 Å². The van der Waals surface area contributed by atoms with E-state index < -0.39 is 5.97 Å². The standard InChI is InChI=1S/C12H17N3O3/c1-15-5-3-8(4-6-15)11-13-9(12(16)17)7-10(14-11)18-2/h7-8H,3-6H2,1-2H3,(H,16,17). The number of rotatable bonds is 3. The molecule has 0 spiro atoms. The molecule has 1 aromatic rings. The Hall–Kier alpha value is -1.69. The average Bonchev–Trinajstić information content (AvgIpc) is 2.39. The second-order valence-electron chi connectivity index (χ2n) is 4.54. The summed E-state index contributed by atoms with van der Waals surface area (Å²) in [7, 11) is 3.55. The smallest absolute Gasteiger partial charge is 0.354 e. The first-order chi connectivity index (χ1) is 8.60. The Labute approximate surface area is 106 Å². The molecule has 0 radical (unpaired) electrons. The lowest BCUT2D eigenvalue weighted by Crippen LogP contribution is -2.30. The van der Waals surface area contributed by atoms with Crippen molar-refractivity contribution in [2.75, 3.05) is 27.2 Å². The van der Waals surface area contributed by atoms with Gasteiger partial charge >= 0.3 is 5.97 Å². The maximum atomic E-state index is 11.0. The number of ether oxygens (including phenoxy) is 1. The predicted octanol–water partition coefficient (Wildman–Crippen LogP) is 0.993. The Morgan fingerprint density at radius 2 is 2.11 bits per heavy atom. The predicted molar refractivity (Wildman–Crippen MR) is 65.0 cm³/mol. The molecule has 1 saturated heterocycles. The van der Waals surface area contributed by atoms with Crippen LogP contribution < -0.4 is 4.74 Å². The van der Waals surface area contributed by atoms with Gasteiger partial charge in [0.15, 0.2) is 5.69 Å². The van der Waals surface area contributed by atoms with Crippen LogP contribution in [0.1, 0.15) is 35.1 Å². The normalized spacial score (nSPS) is 17.7. The van der Waals surface area contributed by atoms with Crippen LogP contribution in [-0.2, 0) is 0 Å². The molecule has 0 unspecified atom stereocenters. The van der Waals surface area contributed by atoms with Crippen LogP contribution in [0.5, 0.6) is 5.88 Å². The molecule has 1 aliphatic rings. The zero-order chi connectivity index (χ0) is 13.1. The number of carbonyl (C=O) groups is 1. The lowest BCUT2D eigenvalue weighted by molar-refractivity contribution is 0.0689. The van der Waals surface area contributed by atoms with Gasteiger partial charge in [0.1, 0.15) is 5.82 Å². The number of aromatic carboxylic acids is 1. The van der Waals surface area contributed by atoms with Gasteiger partial charge in [-0.3, -0.25) is 0 Å². The first-order valence-electron chi connectivity index (χ1n) is 5.95. The molecule has 1 N–H and O–H groups in total. The Kier molecular flexibility index (Phi) is 3.76. The van der Waals surface area contributed by atoms with E-state index in [2.05, 4.69) is 21.9 Å². The van der Waals surface area contributed by atoms with Gasteiger partial charge in [0.25, 0.3) is 0 Å². The molecule has 2 heterocycles. The molecule has 1 aromatic heterocycles. The number of piperidine rings is 1. The van der Waals surface area contributed by atoms with Gasteiger partial charge in [-0.2, -0.15) is 4.98 Å². The van der Waals surface area contributed by atoms with Crippen LogP contribution in [0.15, 0.2) is 6.07 Å². The van der Waals surface area contributed by atoms with E-state index in [9.17, 15) is 4.79 Å². The summed E-state index contributed by atoms with van der Waals surface area (Å²) in [4.78, 5) is 21.6. The van der Waals surface area contributed by atoms with Gasteiger partial charge in [-0.25, -0.2) is 9.78 Å². The number of nitrogens with zero attached hydrogens (tertiary/aromatic N) is 3. The van der Waals surface area contributed by atoms with E-state index in [-0.39, 0.29) is 11.6 Å². The number of likely N-dealkylation sites (tertiary alicyclic amines) is 1. The molecular weight excluding hydrogens is 234 g/mol. The van der Waals surface area contributed by atoms with Crippen molar-refractivity contribution in [2.24, 2.45) is 0 Å². The number of carboxylic acid groups (broad SMARTS) is 1. The van der Waals surface area contributed by atoms with Gasteiger partial charge in [0, 0.05) is 12.0 Å². The molecule has 6 nitrogen and oxygen atoms in total. The zero-order valence-corrected chi connectivity index (χ0v) is 10.6. The van der Waals surface area contributed by atoms with Crippen LogP contribution in [0.4, 0.5) is 0 Å². The minimum absolute atomic E-state index is 0.00391. The number of methoxy groups -OCH3 is 1. The summed E-state index contributed by atoms with van der Waals surface area (Å²) in [5.74, 6) is 0.0652. The summed E-state index contributed by atoms with van der Waals surface area (Å²) in [5, 5.41) is 9.02. The second-order valence-corrected chi connectivity index (χ2v) is 4.54. The second kappa shape index (κ2) is 5.30. The molecule has 0 atom stereocenters. The molecule has 98 valence electrons. The number of hydrogen-bond donors (Lipinski definition) is 1. The van der Waals surface area contributed by atoms with Crippen LogP contribution >= 0.6 is 0 Å². The van der Waals surface area contributed by atoms with E-state index in [0.717, 1.165) is 25.9 Å². The molecular formula is C12H17N3O3. The largest absolute Gasteiger partial charge is 0.481 e. The third kappa shape index (κ3) is 2.76. The molecule has 18 heavy (non-hydrogen) atoms. The first kappa shape index (κ1) is 12.8. The molecule has 0 saturated carbocycles. The molecule has 1 aliphatic heterocycles. The third-order valence-electron chi connectivity index (χ3n) is 3.23. The molecule has 0 amide bonds. The van der Waals surface area contributed by atoms with Crippen LogP contribution in [0, 0.1) is 0 Å². The SMILES string of the molecule is COc1cc(C(=O)O)nc(C2CCN(C)CC2)n1. The van der Waals surface area contributed by atoms with Gasteiger partial charge in [-0.05, 0) is 33.0 Å². The van der Waals surface area contributed by atoms with E-state index in [0.29, 0.717) is 11.7 Å². The number of aromatic nitrogens is 2. The van der Waals surface area contributed by atoms with Gasteiger partial charge in [-0.1, -0.05) is 0 Å². The fourth-order valence-electron chi connectivity index (χ4n) is 2.11. The Bertz CT molecular complexity index is 442. The van der Waals surface area contributed by atoms with Crippen molar-refractivity contribution < 1.29 is 14.6 Å². The van der Waals surface area contributed by atoms with Crippen molar-refractivity contribution in [1.82, 2.24) is 14.9 Å². The molecule has 0 bridgehead atoms. The fraction of sp³-hybridized carbons (Fsp3) is 0.583. The highest BCUT2D eigenvalue weighted by molar-refractivity contribution is 5.85. The summed E-state index contributed by atoms with van der Waals surface area (Å²) >= 11 is 0. The van der Waals surface area contributed by atoms with Crippen molar-refractivity contribution in [2.45, 2.75) is 18.8 Å². The van der Waals surface area contributed by atoms with Crippen LogP contribution in [-0.4, -0.2) is 53.2 Å². The van der Waals surface area contributed by atoms with Crippen molar-refractivity contribution in [3.05, 3.63) is 17.6 Å². The zero-order valence-electron chi connectivity index (χ0n) is 10.6. The maximum absolute atomic E-state index is 11.0. The molecule has 1 fully saturated rings. The van der Waals surface area contributed by atoms with Crippen molar-refractivity contribution >= 4 is 5.97 Å². The fourth-order valence-corrected chi connectivity index (χ4v) is 2.11. The van der Waals surface area contributed by atoms with Crippen LogP contribution in [0.2, 0.25) is 0 Å². The average molecular weight is 251 g/mol. The topological polar surface area (TPSA) is 75.6 Å². The van der Waals surface area contributed by atoms with Gasteiger partial charge in [0.2, 0.25) is 5.88 Å². The lowest BCUT2D eigenvalue weighted by Gasteiger charge is -2.28. The van der Waals surface area contributed by atoms with E-state index >= 15 is 0 Å². The van der Waals surface area contributed by atoms with Crippen molar-refractivity contribution in [3.8, 4) is 5.88 Å². The number of carboxylic acids is 1. The Balaban J connectivity index is 2.26. The van der Waals surface area contributed by atoms with E-state index in [4.69, 9.17) is 9.84 Å². The van der Waals surface area contributed by atoms with Crippen LogP contribution in [0.25, 0.3) is 0 Å². The highest BCUT2D eigenvalue weighted by Gasteiger charge is 2.23. The molecule has 0 aromatic carbocycles. The molecule has 0 aliphatic carbocycles. The summed E-state index contributed by atoms with van der Waals surface area (Å²) in [5.41, 5.74) is -0.00391. The Morgan fingerprint density at radius 1 is 1.44 bits per heavy atom. The van der Waals surface area contributed by atoms with Gasteiger partial charge < -0.3 is 14.7 Å². The summed E-state index contributed by atoms with van der Waals surface area (Å²) in [6.45, 7) is 1.96. The summed E-state index contributed by atoms with van der Waals surface area (Å²) in [6.07, 6.45) is 1.89. The minimum atomic E-state index is -1.05. The van der Waals surface area contributed by atoms with Gasteiger partial charge in [0.05, 0.1) is 7.11 Å². The highest BCUT2D eigenvalue weighted by atomic mass is 16.5. The monoisotopic (exact) mass is 251 g/mol. The molecule has 6 heteroatoms. The lowest BCUT2D eigenvalue weighted by atomic mass is 9.96. The third-order valence-corrected chi connectivity index (χ3v) is 3.23. The van der Waals surface area contributed by atoms with Crippen molar-refractivity contribution in [3.63, 3.8) is 0 Å². The highest BCUT2D eigenvalue weighted by Crippen LogP contribution is 2.26. The first-order valence-corrected chi connectivity index (χ1v) is 5.95. The van der Waals surface area contributed by atoms with E-state index in [1.54, 1.807) is 0 Å². The Morgan fingerprint density at radius 3 is 2.67 bits per heavy atom. The maximum Gasteiger partial charge on any atom is 0.354 e. The van der Waals surface area contributed by atoms with E-state index in [1.165, 1.54) is 13.2 Å². The summed E-state index contributed by atoms with van der Waals surface area (Å²) < 4.78 is 5.03. The van der Waals surface area contributed by atoms with E-state index in [1.807, 2.05) is 0 Å². The molecule has 2 rings (SSSR count). The minimum Gasteiger partial charge on any atom is -0.481 e. The summed E-state index contributed by atoms with van der Waals surface area (Å²) in [6, 6.07) is 1.35. The van der Waals surface area contributed by atoms with Crippen molar-refractivity contribution in [1.29, 1.82) is 0 Å². The number of hydrogen-bond acceptors (Lipinski definition) is 5.